The molecule has 1 saturated heterocycles. The maximum Gasteiger partial charge on any atom is 0.0514 e. The molecule has 2 atom stereocenters. The average molecular weight is 206 g/mol. The van der Waals surface area contributed by atoms with Gasteiger partial charge in [0, 0.05) is 29.9 Å². The number of ether oxygens (including phenoxy) is 1. The van der Waals surface area contributed by atoms with E-state index in [9.17, 15) is 0 Å². The summed E-state index contributed by atoms with van der Waals surface area (Å²) >= 11 is 0. The highest BCUT2D eigenvalue weighted by molar-refractivity contribution is 5.54. The Balaban J connectivity index is 1.95. The van der Waals surface area contributed by atoms with E-state index in [-0.39, 0.29) is 0 Å². The van der Waals surface area contributed by atoms with Crippen molar-refractivity contribution < 1.29 is 4.74 Å². The Labute approximate surface area is 90.6 Å². The van der Waals surface area contributed by atoms with Crippen LogP contribution in [0.1, 0.15) is 13.3 Å². The van der Waals surface area contributed by atoms with Gasteiger partial charge < -0.3 is 15.8 Å². The normalized spacial score (nSPS) is 22.6. The van der Waals surface area contributed by atoms with Gasteiger partial charge in [-0.1, -0.05) is 6.07 Å². The Morgan fingerprint density at radius 3 is 3.07 bits per heavy atom. The van der Waals surface area contributed by atoms with Crippen LogP contribution in [0.2, 0.25) is 0 Å². The zero-order valence-corrected chi connectivity index (χ0v) is 9.07. The van der Waals surface area contributed by atoms with Gasteiger partial charge in [0.05, 0.1) is 6.61 Å². The number of nitrogens with one attached hydrogen (secondary N) is 1. The van der Waals surface area contributed by atoms with Crippen LogP contribution in [0, 0.1) is 5.92 Å². The van der Waals surface area contributed by atoms with Crippen molar-refractivity contribution in [3.8, 4) is 0 Å². The molecule has 15 heavy (non-hydrogen) atoms. The minimum atomic E-state index is 0.439. The first-order valence-electron chi connectivity index (χ1n) is 5.45. The highest BCUT2D eigenvalue weighted by atomic mass is 16.5. The van der Waals surface area contributed by atoms with Gasteiger partial charge in [-0.15, -0.1) is 0 Å². The third kappa shape index (κ3) is 2.63. The van der Waals surface area contributed by atoms with E-state index >= 15 is 0 Å². The van der Waals surface area contributed by atoms with Crippen LogP contribution in [-0.4, -0.2) is 19.3 Å². The van der Waals surface area contributed by atoms with Crippen LogP contribution >= 0.6 is 0 Å². The standard InChI is InChI=1S/C12H18N2O/c1-9(10-5-6-15-8-10)14-12-4-2-3-11(13)7-12/h2-4,7,9-10,14H,5-6,8,13H2,1H3. The smallest absolute Gasteiger partial charge is 0.0514 e. The molecule has 3 N–H and O–H groups in total. The second-order valence-corrected chi connectivity index (χ2v) is 4.18. The first kappa shape index (κ1) is 10.3. The summed E-state index contributed by atoms with van der Waals surface area (Å²) in [7, 11) is 0. The van der Waals surface area contributed by atoms with E-state index in [4.69, 9.17) is 10.5 Å². The predicted octanol–water partition coefficient (Wildman–Crippen LogP) is 2.11. The van der Waals surface area contributed by atoms with E-state index in [1.54, 1.807) is 0 Å². The van der Waals surface area contributed by atoms with Crippen LogP contribution in [0.5, 0.6) is 0 Å². The van der Waals surface area contributed by atoms with Gasteiger partial charge in [-0.05, 0) is 31.5 Å². The lowest BCUT2D eigenvalue weighted by Gasteiger charge is -2.20. The Morgan fingerprint density at radius 2 is 2.40 bits per heavy atom. The summed E-state index contributed by atoms with van der Waals surface area (Å²) in [5.41, 5.74) is 7.62. The van der Waals surface area contributed by atoms with Crippen molar-refractivity contribution in [3.05, 3.63) is 24.3 Å². The van der Waals surface area contributed by atoms with E-state index < -0.39 is 0 Å². The SMILES string of the molecule is CC(Nc1cccc(N)c1)C1CCOC1. The zero-order chi connectivity index (χ0) is 10.7. The van der Waals surface area contributed by atoms with E-state index in [2.05, 4.69) is 12.2 Å². The molecular formula is C12H18N2O. The summed E-state index contributed by atoms with van der Waals surface area (Å²) in [5, 5.41) is 3.46. The Kier molecular flexibility index (Phi) is 3.11. The number of hydrogen-bond acceptors (Lipinski definition) is 3. The third-order valence-electron chi connectivity index (χ3n) is 2.95. The first-order chi connectivity index (χ1) is 7.25. The van der Waals surface area contributed by atoms with Crippen LogP contribution in [0.4, 0.5) is 11.4 Å². The second-order valence-electron chi connectivity index (χ2n) is 4.18. The topological polar surface area (TPSA) is 47.3 Å². The number of nitrogens with two attached hydrogens (primary N) is 1. The van der Waals surface area contributed by atoms with E-state index in [0.29, 0.717) is 12.0 Å². The van der Waals surface area contributed by atoms with Crippen molar-refractivity contribution in [3.63, 3.8) is 0 Å². The maximum atomic E-state index is 5.72. The summed E-state index contributed by atoms with van der Waals surface area (Å²) in [4.78, 5) is 0. The molecular weight excluding hydrogens is 188 g/mol. The molecule has 1 aliphatic heterocycles. The minimum Gasteiger partial charge on any atom is -0.399 e. The summed E-state index contributed by atoms with van der Waals surface area (Å²) < 4.78 is 5.37. The molecule has 3 nitrogen and oxygen atoms in total. The van der Waals surface area contributed by atoms with Crippen molar-refractivity contribution in [2.24, 2.45) is 5.92 Å². The van der Waals surface area contributed by atoms with Gasteiger partial charge >= 0.3 is 0 Å². The van der Waals surface area contributed by atoms with Crippen molar-refractivity contribution >= 4 is 11.4 Å². The van der Waals surface area contributed by atoms with Gasteiger partial charge in [-0.25, -0.2) is 0 Å². The molecule has 0 spiro atoms. The molecule has 1 heterocycles. The Hall–Kier alpha value is -1.22. The largest absolute Gasteiger partial charge is 0.399 e. The summed E-state index contributed by atoms with van der Waals surface area (Å²) in [6.45, 7) is 3.96. The highest BCUT2D eigenvalue weighted by Gasteiger charge is 2.21. The minimum absolute atomic E-state index is 0.439. The second kappa shape index (κ2) is 4.53. The fraction of sp³-hybridized carbons (Fsp3) is 0.500. The third-order valence-corrected chi connectivity index (χ3v) is 2.95. The van der Waals surface area contributed by atoms with Crippen molar-refractivity contribution in [2.75, 3.05) is 24.3 Å². The molecule has 1 aromatic carbocycles. The fourth-order valence-corrected chi connectivity index (χ4v) is 1.96. The van der Waals surface area contributed by atoms with Gasteiger partial charge in [0.15, 0.2) is 0 Å². The fourth-order valence-electron chi connectivity index (χ4n) is 1.96. The van der Waals surface area contributed by atoms with Gasteiger partial charge in [-0.2, -0.15) is 0 Å². The van der Waals surface area contributed by atoms with Crippen LogP contribution < -0.4 is 11.1 Å². The lowest BCUT2D eigenvalue weighted by atomic mass is 10.0. The lowest BCUT2D eigenvalue weighted by molar-refractivity contribution is 0.183. The average Bonchev–Trinajstić information content (AvgIpc) is 2.70. The van der Waals surface area contributed by atoms with E-state index in [0.717, 1.165) is 31.0 Å². The van der Waals surface area contributed by atoms with Crippen LogP contribution in [0.3, 0.4) is 0 Å². The predicted molar refractivity (Wildman–Crippen MR) is 62.9 cm³/mol. The molecule has 0 bridgehead atoms. The molecule has 0 aromatic heterocycles. The van der Waals surface area contributed by atoms with E-state index in [1.807, 2.05) is 24.3 Å². The molecule has 82 valence electrons. The first-order valence-corrected chi connectivity index (χ1v) is 5.45. The van der Waals surface area contributed by atoms with Gasteiger partial charge in [-0.3, -0.25) is 0 Å². The summed E-state index contributed by atoms with van der Waals surface area (Å²) in [5.74, 6) is 0.617. The quantitative estimate of drug-likeness (QED) is 0.745. The monoisotopic (exact) mass is 206 g/mol. The zero-order valence-electron chi connectivity index (χ0n) is 9.07. The highest BCUT2D eigenvalue weighted by Crippen LogP contribution is 2.21. The molecule has 2 rings (SSSR count). The molecule has 1 aliphatic rings. The molecule has 3 heteroatoms. The maximum absolute atomic E-state index is 5.72. The van der Waals surface area contributed by atoms with Crippen molar-refractivity contribution in [1.29, 1.82) is 0 Å². The lowest BCUT2D eigenvalue weighted by Crippen LogP contribution is -2.26. The van der Waals surface area contributed by atoms with E-state index in [1.165, 1.54) is 0 Å². The molecule has 1 fully saturated rings. The number of anilines is 2. The van der Waals surface area contributed by atoms with Gasteiger partial charge in [0.2, 0.25) is 0 Å². The Morgan fingerprint density at radius 1 is 1.53 bits per heavy atom. The number of rotatable bonds is 3. The van der Waals surface area contributed by atoms with Gasteiger partial charge in [0.25, 0.3) is 0 Å². The molecule has 0 saturated carbocycles. The summed E-state index contributed by atoms with van der Waals surface area (Å²) in [6, 6.07) is 8.31. The summed E-state index contributed by atoms with van der Waals surface area (Å²) in [6.07, 6.45) is 1.15. The Bertz CT molecular complexity index is 321. The van der Waals surface area contributed by atoms with Crippen LogP contribution in [0.25, 0.3) is 0 Å². The van der Waals surface area contributed by atoms with Crippen molar-refractivity contribution in [1.82, 2.24) is 0 Å². The number of hydrogen-bond donors (Lipinski definition) is 2. The molecule has 1 aromatic rings. The molecule has 0 aliphatic carbocycles. The molecule has 0 amide bonds. The molecule has 2 unspecified atom stereocenters. The molecule has 0 radical (unpaired) electrons. The van der Waals surface area contributed by atoms with Gasteiger partial charge in [0.1, 0.15) is 0 Å². The van der Waals surface area contributed by atoms with Crippen molar-refractivity contribution in [2.45, 2.75) is 19.4 Å². The van der Waals surface area contributed by atoms with Crippen LogP contribution in [0.15, 0.2) is 24.3 Å². The van der Waals surface area contributed by atoms with Crippen LogP contribution in [-0.2, 0) is 4.74 Å². The number of benzene rings is 1. The number of nitrogen functional groups attached to an aromatic ring is 1.